The Bertz CT molecular complexity index is 704. The van der Waals surface area contributed by atoms with Crippen LogP contribution in [0.4, 0.5) is 0 Å². The zero-order valence-corrected chi connectivity index (χ0v) is 14.6. The first-order valence-corrected chi connectivity index (χ1v) is 8.35. The predicted molar refractivity (Wildman–Crippen MR) is 88.0 cm³/mol. The lowest BCUT2D eigenvalue weighted by Gasteiger charge is -2.32. The molecule has 2 atom stereocenters. The van der Waals surface area contributed by atoms with E-state index in [1.165, 1.54) is 0 Å². The number of amides is 1. The van der Waals surface area contributed by atoms with Crippen molar-refractivity contribution < 1.29 is 18.7 Å². The minimum Gasteiger partial charge on any atom is -0.479 e. The lowest BCUT2D eigenvalue weighted by Crippen LogP contribution is -2.47. The number of rotatable bonds is 5. The number of nitrogens with zero attached hydrogens (tertiary/aromatic N) is 4. The monoisotopic (exact) mass is 346 g/mol. The number of pyridine rings is 1. The van der Waals surface area contributed by atoms with Gasteiger partial charge in [-0.25, -0.2) is 0 Å². The number of morpholine rings is 1. The van der Waals surface area contributed by atoms with Crippen LogP contribution >= 0.6 is 0 Å². The maximum absolute atomic E-state index is 12.7. The van der Waals surface area contributed by atoms with Gasteiger partial charge >= 0.3 is 0 Å². The SMILES string of the molecule is CC(C)c1nnc([C@@H]2CN(C(=O)[C@@H](C)Oc3cccnc3)CCO2)o1. The first-order chi connectivity index (χ1) is 12.0. The van der Waals surface area contributed by atoms with Crippen LogP contribution in [0, 0.1) is 0 Å². The van der Waals surface area contributed by atoms with Gasteiger partial charge in [-0.15, -0.1) is 10.2 Å². The van der Waals surface area contributed by atoms with Crippen LogP contribution in [-0.4, -0.2) is 51.8 Å². The van der Waals surface area contributed by atoms with E-state index in [1.54, 1.807) is 36.4 Å². The van der Waals surface area contributed by atoms with Gasteiger partial charge in [-0.05, 0) is 19.1 Å². The molecule has 2 aromatic heterocycles. The Morgan fingerprint density at radius 2 is 2.20 bits per heavy atom. The summed E-state index contributed by atoms with van der Waals surface area (Å²) in [5, 5.41) is 8.07. The molecule has 0 saturated carbocycles. The van der Waals surface area contributed by atoms with E-state index < -0.39 is 12.2 Å². The van der Waals surface area contributed by atoms with Crippen molar-refractivity contribution in [2.75, 3.05) is 19.7 Å². The number of carbonyl (C=O) groups excluding carboxylic acids is 1. The van der Waals surface area contributed by atoms with Gasteiger partial charge < -0.3 is 18.8 Å². The zero-order chi connectivity index (χ0) is 17.8. The van der Waals surface area contributed by atoms with Crippen LogP contribution in [0.5, 0.6) is 5.75 Å². The number of aromatic nitrogens is 3. The molecular weight excluding hydrogens is 324 g/mol. The van der Waals surface area contributed by atoms with Crippen molar-refractivity contribution in [3.8, 4) is 5.75 Å². The van der Waals surface area contributed by atoms with Crippen molar-refractivity contribution >= 4 is 5.91 Å². The van der Waals surface area contributed by atoms with Crippen molar-refractivity contribution in [1.82, 2.24) is 20.1 Å². The average Bonchev–Trinajstić information content (AvgIpc) is 3.12. The molecule has 8 heteroatoms. The summed E-state index contributed by atoms with van der Waals surface area (Å²) < 4.78 is 17.0. The Hall–Kier alpha value is -2.48. The molecule has 2 aromatic rings. The fourth-order valence-electron chi connectivity index (χ4n) is 2.54. The van der Waals surface area contributed by atoms with E-state index in [0.717, 1.165) is 0 Å². The molecule has 3 rings (SSSR count). The van der Waals surface area contributed by atoms with Gasteiger partial charge in [0.2, 0.25) is 11.8 Å². The lowest BCUT2D eigenvalue weighted by atomic mass is 10.2. The fraction of sp³-hybridized carbons (Fsp3) is 0.529. The standard InChI is InChI=1S/C17H22N4O4/c1-11(2)15-19-20-16(25-15)14-10-21(7-8-23-14)17(22)12(3)24-13-5-4-6-18-9-13/h4-6,9,11-12,14H,7-8,10H2,1-3H3/t12-,14+/m1/s1. The molecule has 0 N–H and O–H groups in total. The minimum atomic E-state index is -0.614. The van der Waals surface area contributed by atoms with Gasteiger partial charge in [-0.2, -0.15) is 0 Å². The van der Waals surface area contributed by atoms with Crippen LogP contribution in [0.15, 0.2) is 28.9 Å². The summed E-state index contributed by atoms with van der Waals surface area (Å²) in [7, 11) is 0. The molecule has 1 amide bonds. The highest BCUT2D eigenvalue weighted by Crippen LogP contribution is 2.24. The zero-order valence-electron chi connectivity index (χ0n) is 14.6. The van der Waals surface area contributed by atoms with Gasteiger partial charge in [-0.3, -0.25) is 9.78 Å². The Morgan fingerprint density at radius 1 is 1.36 bits per heavy atom. The normalized spacial score (nSPS) is 19.0. The van der Waals surface area contributed by atoms with E-state index in [-0.39, 0.29) is 11.8 Å². The summed E-state index contributed by atoms with van der Waals surface area (Å²) in [4.78, 5) is 18.3. The summed E-state index contributed by atoms with van der Waals surface area (Å²) in [6.45, 7) is 6.96. The van der Waals surface area contributed by atoms with E-state index in [0.29, 0.717) is 37.2 Å². The molecule has 0 aromatic carbocycles. The van der Waals surface area contributed by atoms with Crippen LogP contribution in [0.25, 0.3) is 0 Å². The number of carbonyl (C=O) groups is 1. The molecule has 0 aliphatic carbocycles. The van der Waals surface area contributed by atoms with Crippen LogP contribution < -0.4 is 4.74 Å². The molecule has 0 bridgehead atoms. The largest absolute Gasteiger partial charge is 0.479 e. The molecule has 1 aliphatic heterocycles. The first kappa shape index (κ1) is 17.3. The van der Waals surface area contributed by atoms with Crippen molar-refractivity contribution in [3.63, 3.8) is 0 Å². The van der Waals surface area contributed by atoms with E-state index in [4.69, 9.17) is 13.9 Å². The molecule has 1 fully saturated rings. The second kappa shape index (κ2) is 7.60. The Morgan fingerprint density at radius 3 is 2.88 bits per heavy atom. The van der Waals surface area contributed by atoms with Crippen LogP contribution in [0.3, 0.4) is 0 Å². The van der Waals surface area contributed by atoms with Gasteiger partial charge in [0, 0.05) is 18.7 Å². The average molecular weight is 346 g/mol. The van der Waals surface area contributed by atoms with Crippen LogP contribution in [-0.2, 0) is 9.53 Å². The highest BCUT2D eigenvalue weighted by molar-refractivity contribution is 5.81. The quantitative estimate of drug-likeness (QED) is 0.817. The Balaban J connectivity index is 1.62. The maximum Gasteiger partial charge on any atom is 0.263 e. The van der Waals surface area contributed by atoms with Crippen molar-refractivity contribution in [2.45, 2.75) is 38.9 Å². The van der Waals surface area contributed by atoms with Crippen LogP contribution in [0.1, 0.15) is 44.6 Å². The first-order valence-electron chi connectivity index (χ1n) is 8.35. The molecule has 0 spiro atoms. The smallest absolute Gasteiger partial charge is 0.263 e. The molecule has 3 heterocycles. The summed E-state index contributed by atoms with van der Waals surface area (Å²) in [5.41, 5.74) is 0. The topological polar surface area (TPSA) is 90.6 Å². The third-order valence-corrected chi connectivity index (χ3v) is 3.90. The fourth-order valence-corrected chi connectivity index (χ4v) is 2.54. The van der Waals surface area contributed by atoms with E-state index in [2.05, 4.69) is 15.2 Å². The third-order valence-electron chi connectivity index (χ3n) is 3.90. The summed E-state index contributed by atoms with van der Waals surface area (Å²) in [6, 6.07) is 3.53. The lowest BCUT2D eigenvalue weighted by molar-refractivity contribution is -0.146. The number of ether oxygens (including phenoxy) is 2. The van der Waals surface area contributed by atoms with Crippen molar-refractivity contribution in [1.29, 1.82) is 0 Å². The molecule has 8 nitrogen and oxygen atoms in total. The van der Waals surface area contributed by atoms with Gasteiger partial charge in [0.1, 0.15) is 5.75 Å². The van der Waals surface area contributed by atoms with E-state index in [1.807, 2.05) is 13.8 Å². The second-order valence-corrected chi connectivity index (χ2v) is 6.23. The van der Waals surface area contributed by atoms with Gasteiger partial charge in [0.05, 0.1) is 19.3 Å². The summed E-state index contributed by atoms with van der Waals surface area (Å²) in [6.07, 6.45) is 2.21. The van der Waals surface area contributed by atoms with Crippen molar-refractivity contribution in [2.24, 2.45) is 0 Å². The third kappa shape index (κ3) is 4.14. The molecule has 0 unspecified atom stereocenters. The number of hydrogen-bond acceptors (Lipinski definition) is 7. The van der Waals surface area contributed by atoms with Gasteiger partial charge in [0.15, 0.2) is 12.2 Å². The highest BCUT2D eigenvalue weighted by atomic mass is 16.5. The van der Waals surface area contributed by atoms with Gasteiger partial charge in [-0.1, -0.05) is 13.8 Å². The maximum atomic E-state index is 12.7. The molecule has 134 valence electrons. The summed E-state index contributed by atoms with van der Waals surface area (Å²) >= 11 is 0. The van der Waals surface area contributed by atoms with Crippen molar-refractivity contribution in [3.05, 3.63) is 36.3 Å². The summed E-state index contributed by atoms with van der Waals surface area (Å²) in [5.74, 6) is 1.57. The Labute approximate surface area is 146 Å². The number of hydrogen-bond donors (Lipinski definition) is 0. The molecule has 25 heavy (non-hydrogen) atoms. The highest BCUT2D eigenvalue weighted by Gasteiger charge is 2.32. The van der Waals surface area contributed by atoms with Gasteiger partial charge in [0.25, 0.3) is 5.91 Å². The molecule has 1 aliphatic rings. The van der Waals surface area contributed by atoms with Crippen LogP contribution in [0.2, 0.25) is 0 Å². The van der Waals surface area contributed by atoms with E-state index >= 15 is 0 Å². The molecule has 0 radical (unpaired) electrons. The molecular formula is C17H22N4O4. The minimum absolute atomic E-state index is 0.110. The van der Waals surface area contributed by atoms with E-state index in [9.17, 15) is 4.79 Å². The second-order valence-electron chi connectivity index (χ2n) is 6.23. The molecule has 1 saturated heterocycles. The Kier molecular flexibility index (Phi) is 5.28. The predicted octanol–water partition coefficient (Wildman–Crippen LogP) is 1.96.